The number of epoxide rings is 2. The van der Waals surface area contributed by atoms with E-state index in [1.807, 2.05) is 0 Å². The van der Waals surface area contributed by atoms with Gasteiger partial charge in [0.2, 0.25) is 0 Å². The zero-order valence-corrected chi connectivity index (χ0v) is 28.8. The fraction of sp³-hybridized carbons (Fsp3) is 1.00. The second-order valence-corrected chi connectivity index (χ2v) is 13.4. The Morgan fingerprint density at radius 3 is 0.476 bits per heavy atom. The van der Waals surface area contributed by atoms with E-state index in [4.69, 9.17) is 18.9 Å². The van der Waals surface area contributed by atoms with Crippen molar-refractivity contribution in [3.05, 3.63) is 0 Å². The maximum atomic E-state index is 4.82. The molecule has 42 heavy (non-hydrogen) atoms. The minimum atomic E-state index is 0.426. The van der Waals surface area contributed by atoms with E-state index < -0.39 is 0 Å². The van der Waals surface area contributed by atoms with Crippen LogP contribution >= 0.6 is 0 Å². The number of methoxy groups -OCH3 is 2. The van der Waals surface area contributed by atoms with E-state index in [0.29, 0.717) is 12.2 Å². The van der Waals surface area contributed by atoms with Gasteiger partial charge in [0.25, 0.3) is 0 Å². The molecular formula is C38H76O4. The number of ether oxygens (including phenoxy) is 4. The number of hydrogen-bond donors (Lipinski definition) is 0. The van der Waals surface area contributed by atoms with Gasteiger partial charge in [-0.3, -0.25) is 0 Å². The summed E-state index contributed by atoms with van der Waals surface area (Å²) in [6.45, 7) is 3.32. The van der Waals surface area contributed by atoms with Crippen molar-refractivity contribution in [2.75, 3.05) is 40.6 Å². The van der Waals surface area contributed by atoms with Gasteiger partial charge < -0.3 is 18.9 Å². The third-order valence-electron chi connectivity index (χ3n) is 9.01. The fourth-order valence-corrected chi connectivity index (χ4v) is 6.00. The van der Waals surface area contributed by atoms with E-state index in [0.717, 1.165) is 26.4 Å². The normalized spacial score (nSPS) is 25.9. The Bertz CT molecular complexity index is 330. The molecule has 3 saturated carbocycles. The van der Waals surface area contributed by atoms with Crippen molar-refractivity contribution in [2.45, 2.75) is 205 Å². The summed E-state index contributed by atoms with van der Waals surface area (Å²) in [6, 6.07) is 0. The molecule has 0 aromatic carbocycles. The molecule has 0 amide bonds. The highest BCUT2D eigenvalue weighted by atomic mass is 16.6. The first-order chi connectivity index (χ1) is 20.9. The first-order valence-electron chi connectivity index (χ1n) is 19.1. The van der Waals surface area contributed by atoms with Gasteiger partial charge in [-0.15, -0.1) is 0 Å². The molecule has 2 saturated heterocycles. The molecule has 4 heteroatoms. The molecule has 2 atom stereocenters. The maximum absolute atomic E-state index is 4.82. The van der Waals surface area contributed by atoms with Crippen molar-refractivity contribution in [3.63, 3.8) is 0 Å². The van der Waals surface area contributed by atoms with Gasteiger partial charge in [-0.25, -0.2) is 0 Å². The topological polar surface area (TPSA) is 43.5 Å². The van der Waals surface area contributed by atoms with Crippen LogP contribution in [0.25, 0.3) is 0 Å². The summed E-state index contributed by atoms with van der Waals surface area (Å²) < 4.78 is 19.1. The summed E-state index contributed by atoms with van der Waals surface area (Å²) in [6.07, 6.45) is 45.9. The molecule has 5 fully saturated rings. The third kappa shape index (κ3) is 34.3. The van der Waals surface area contributed by atoms with Crippen molar-refractivity contribution in [1.82, 2.24) is 0 Å². The minimum absolute atomic E-state index is 0.426. The summed E-state index contributed by atoms with van der Waals surface area (Å²) in [5.41, 5.74) is 0. The molecule has 2 unspecified atom stereocenters. The number of hydrogen-bond acceptors (Lipinski definition) is 4. The molecule has 2 heterocycles. The molecule has 252 valence electrons. The van der Waals surface area contributed by atoms with Crippen LogP contribution in [0.2, 0.25) is 0 Å². The van der Waals surface area contributed by atoms with Crippen LogP contribution in [0.3, 0.4) is 0 Å². The van der Waals surface area contributed by atoms with E-state index in [2.05, 4.69) is 0 Å². The highest BCUT2D eigenvalue weighted by Gasteiger charge is 2.21. The summed E-state index contributed by atoms with van der Waals surface area (Å²) in [7, 11) is 3.36. The van der Waals surface area contributed by atoms with Crippen LogP contribution in [0.1, 0.15) is 193 Å². The van der Waals surface area contributed by atoms with E-state index in [9.17, 15) is 0 Å². The Morgan fingerprint density at radius 2 is 0.429 bits per heavy atom. The van der Waals surface area contributed by atoms with Gasteiger partial charge in [0, 0.05) is 14.2 Å². The van der Waals surface area contributed by atoms with Gasteiger partial charge in [0.05, 0.1) is 26.4 Å². The summed E-state index contributed by atoms with van der Waals surface area (Å²) in [4.78, 5) is 0. The van der Waals surface area contributed by atoms with Crippen molar-refractivity contribution in [1.29, 1.82) is 0 Å². The lowest BCUT2D eigenvalue weighted by Gasteiger charge is -2.05. The highest BCUT2D eigenvalue weighted by Crippen LogP contribution is 2.17. The zero-order chi connectivity index (χ0) is 30.0. The van der Waals surface area contributed by atoms with Crippen molar-refractivity contribution < 1.29 is 18.9 Å². The van der Waals surface area contributed by atoms with E-state index in [1.54, 1.807) is 14.2 Å². The van der Waals surface area contributed by atoms with E-state index in [-0.39, 0.29) is 0 Å². The van der Waals surface area contributed by atoms with E-state index in [1.165, 1.54) is 193 Å². The highest BCUT2D eigenvalue weighted by molar-refractivity contribution is 4.66. The second-order valence-electron chi connectivity index (χ2n) is 13.4. The molecule has 2 aliphatic heterocycles. The lowest BCUT2D eigenvalue weighted by molar-refractivity contribution is 0.171. The van der Waals surface area contributed by atoms with Crippen LogP contribution in [0.4, 0.5) is 0 Å². The Labute approximate surface area is 264 Å². The standard InChI is InChI=1S/3C10H20.2C4H8O2/c3*1-2-4-6-8-10-9-7-5-3-1;2*1-5-2-4-3-6-4/h3*1-10H2;2*4H,2-3H2,1H3. The Morgan fingerprint density at radius 1 is 0.310 bits per heavy atom. The first-order valence-corrected chi connectivity index (χ1v) is 19.1. The van der Waals surface area contributed by atoms with Gasteiger partial charge in [0.1, 0.15) is 12.2 Å². The molecule has 4 nitrogen and oxygen atoms in total. The monoisotopic (exact) mass is 597 g/mol. The zero-order valence-electron chi connectivity index (χ0n) is 28.8. The Hall–Kier alpha value is -0.160. The van der Waals surface area contributed by atoms with Crippen LogP contribution in [0, 0.1) is 0 Å². The smallest absolute Gasteiger partial charge is 0.104 e. The van der Waals surface area contributed by atoms with Crippen molar-refractivity contribution in [2.24, 2.45) is 0 Å². The van der Waals surface area contributed by atoms with E-state index >= 15 is 0 Å². The minimum Gasteiger partial charge on any atom is -0.382 e. The van der Waals surface area contributed by atoms with Crippen LogP contribution in [0.5, 0.6) is 0 Å². The van der Waals surface area contributed by atoms with Gasteiger partial charge in [-0.05, 0) is 0 Å². The van der Waals surface area contributed by atoms with Gasteiger partial charge >= 0.3 is 0 Å². The van der Waals surface area contributed by atoms with Gasteiger partial charge in [-0.1, -0.05) is 193 Å². The average Bonchev–Trinajstić information content (AvgIpc) is 3.98. The van der Waals surface area contributed by atoms with Crippen molar-refractivity contribution in [3.8, 4) is 0 Å². The summed E-state index contributed by atoms with van der Waals surface area (Å²) in [5, 5.41) is 0. The molecule has 0 radical (unpaired) electrons. The first kappa shape index (κ1) is 39.9. The summed E-state index contributed by atoms with van der Waals surface area (Å²) in [5.74, 6) is 0. The SMILES string of the molecule is C1CCCCCCCCC1.C1CCCCCCCCC1.C1CCCCCCCCC1.COCC1CO1.COCC1CO1. The molecule has 0 N–H and O–H groups in total. The van der Waals surface area contributed by atoms with Crippen LogP contribution in [-0.4, -0.2) is 52.9 Å². The molecule has 5 aliphatic rings. The lowest BCUT2D eigenvalue weighted by Crippen LogP contribution is -1.94. The van der Waals surface area contributed by atoms with Crippen molar-refractivity contribution >= 4 is 0 Å². The Balaban J connectivity index is 0.000000267. The second kappa shape index (κ2) is 33.7. The van der Waals surface area contributed by atoms with Gasteiger partial charge in [-0.2, -0.15) is 0 Å². The molecule has 0 aromatic heterocycles. The molecule has 0 spiro atoms. The lowest BCUT2D eigenvalue weighted by atomic mass is 10.0. The molecular weight excluding hydrogens is 520 g/mol. The average molecular weight is 597 g/mol. The van der Waals surface area contributed by atoms with Crippen LogP contribution in [0.15, 0.2) is 0 Å². The largest absolute Gasteiger partial charge is 0.382 e. The van der Waals surface area contributed by atoms with Gasteiger partial charge in [0.15, 0.2) is 0 Å². The quantitative estimate of drug-likeness (QED) is 0.303. The van der Waals surface area contributed by atoms with Crippen LogP contribution < -0.4 is 0 Å². The van der Waals surface area contributed by atoms with Crippen LogP contribution in [-0.2, 0) is 18.9 Å². The predicted octanol–water partition coefficient (Wildman–Crippen LogP) is 11.8. The molecule has 0 bridgehead atoms. The molecule has 0 aromatic rings. The molecule has 3 aliphatic carbocycles. The maximum Gasteiger partial charge on any atom is 0.104 e. The summed E-state index contributed by atoms with van der Waals surface area (Å²) >= 11 is 0. The Kier molecular flexibility index (Phi) is 32.0. The fourth-order valence-electron chi connectivity index (χ4n) is 6.00. The predicted molar refractivity (Wildman–Crippen MR) is 182 cm³/mol. The molecule has 5 rings (SSSR count). The third-order valence-corrected chi connectivity index (χ3v) is 9.01. The number of rotatable bonds is 4.